The van der Waals surface area contributed by atoms with Gasteiger partial charge < -0.3 is 9.47 Å². The number of aromatic nitrogens is 3. The van der Waals surface area contributed by atoms with Gasteiger partial charge in [-0.15, -0.1) is 0 Å². The van der Waals surface area contributed by atoms with Crippen LogP contribution in [0.2, 0.25) is 0 Å². The van der Waals surface area contributed by atoms with Gasteiger partial charge >= 0.3 is 0 Å². The third-order valence-corrected chi connectivity index (χ3v) is 5.22. The van der Waals surface area contributed by atoms with E-state index in [1.165, 1.54) is 12.1 Å². The first kappa shape index (κ1) is 16.6. The third-order valence-electron chi connectivity index (χ3n) is 3.82. The van der Waals surface area contributed by atoms with Gasteiger partial charge in [0.2, 0.25) is 10.0 Å². The maximum absolute atomic E-state index is 12.5. The van der Waals surface area contributed by atoms with Crippen LogP contribution in [0.15, 0.2) is 53.4 Å². The highest BCUT2D eigenvalue weighted by Crippen LogP contribution is 2.32. The molecule has 0 fully saturated rings. The van der Waals surface area contributed by atoms with Gasteiger partial charge in [0.1, 0.15) is 19.0 Å². The molecule has 2 heterocycles. The highest BCUT2D eigenvalue weighted by molar-refractivity contribution is 7.89. The second-order valence-electron chi connectivity index (χ2n) is 5.60. The van der Waals surface area contributed by atoms with E-state index in [-0.39, 0.29) is 11.4 Å². The van der Waals surface area contributed by atoms with Gasteiger partial charge in [-0.2, -0.15) is 5.10 Å². The van der Waals surface area contributed by atoms with E-state index in [0.717, 1.165) is 5.56 Å². The predicted molar refractivity (Wildman–Crippen MR) is 93.3 cm³/mol. The molecule has 4 rings (SSSR count). The molecule has 3 aromatic rings. The fraction of sp³-hybridized carbons (Fsp3) is 0.176. The molecule has 0 bridgehead atoms. The van der Waals surface area contributed by atoms with Gasteiger partial charge in [-0.1, -0.05) is 30.3 Å². The number of aromatic amines is 1. The highest BCUT2D eigenvalue weighted by Gasteiger charge is 2.19. The molecule has 9 heteroatoms. The van der Waals surface area contributed by atoms with Crippen molar-refractivity contribution in [3.05, 3.63) is 54.4 Å². The standard InChI is InChI=1S/C17H16N4O4S/c22-26(23,13-6-7-14-15(10-13)25-9-8-24-14)18-11-16-19-17(21-20-16)12-4-2-1-3-5-12/h1-7,10,18H,8-9,11H2,(H,19,20,21). The third kappa shape index (κ3) is 3.39. The molecular formula is C17H16N4O4S. The fourth-order valence-electron chi connectivity index (χ4n) is 2.53. The van der Waals surface area contributed by atoms with Gasteiger partial charge in [0, 0.05) is 11.6 Å². The van der Waals surface area contributed by atoms with Crippen molar-refractivity contribution in [1.82, 2.24) is 19.9 Å². The Morgan fingerprint density at radius 3 is 2.62 bits per heavy atom. The summed E-state index contributed by atoms with van der Waals surface area (Å²) in [5.74, 6) is 1.90. The van der Waals surface area contributed by atoms with E-state index >= 15 is 0 Å². The maximum atomic E-state index is 12.5. The SMILES string of the molecule is O=S(=O)(NCc1nc(-c2ccccc2)n[nH]1)c1ccc2c(c1)OCCO2. The molecular weight excluding hydrogens is 356 g/mol. The first-order valence-corrected chi connectivity index (χ1v) is 9.46. The monoisotopic (exact) mass is 372 g/mol. The number of sulfonamides is 1. The highest BCUT2D eigenvalue weighted by atomic mass is 32.2. The summed E-state index contributed by atoms with van der Waals surface area (Å²) in [7, 11) is -3.72. The molecule has 0 aliphatic carbocycles. The van der Waals surface area contributed by atoms with Crippen molar-refractivity contribution < 1.29 is 17.9 Å². The van der Waals surface area contributed by atoms with Gasteiger partial charge in [-0.05, 0) is 12.1 Å². The smallest absolute Gasteiger partial charge is 0.241 e. The van der Waals surface area contributed by atoms with E-state index in [1.807, 2.05) is 30.3 Å². The molecule has 0 atom stereocenters. The zero-order chi connectivity index (χ0) is 18.0. The summed E-state index contributed by atoms with van der Waals surface area (Å²) >= 11 is 0. The molecule has 0 saturated heterocycles. The average Bonchev–Trinajstić information content (AvgIpc) is 3.16. The van der Waals surface area contributed by atoms with Crippen molar-refractivity contribution in [2.45, 2.75) is 11.4 Å². The lowest BCUT2D eigenvalue weighted by Crippen LogP contribution is -2.24. The minimum absolute atomic E-state index is 0.00336. The Hall–Kier alpha value is -2.91. The van der Waals surface area contributed by atoms with Crippen LogP contribution in [0.25, 0.3) is 11.4 Å². The molecule has 0 radical (unpaired) electrons. The van der Waals surface area contributed by atoms with Gasteiger partial charge in [0.05, 0.1) is 11.4 Å². The van der Waals surface area contributed by atoms with Crippen molar-refractivity contribution in [1.29, 1.82) is 0 Å². The van der Waals surface area contributed by atoms with Crippen LogP contribution in [0.5, 0.6) is 11.5 Å². The molecule has 2 aromatic carbocycles. The first-order valence-electron chi connectivity index (χ1n) is 7.98. The van der Waals surface area contributed by atoms with Crippen LogP contribution < -0.4 is 14.2 Å². The summed E-state index contributed by atoms with van der Waals surface area (Å²) in [6.07, 6.45) is 0. The molecule has 0 saturated carbocycles. The Bertz CT molecular complexity index is 1020. The Morgan fingerprint density at radius 2 is 1.81 bits per heavy atom. The van der Waals surface area contributed by atoms with Gasteiger partial charge in [-0.3, -0.25) is 5.10 Å². The van der Waals surface area contributed by atoms with Crippen molar-refractivity contribution >= 4 is 10.0 Å². The van der Waals surface area contributed by atoms with Crippen LogP contribution in [0, 0.1) is 0 Å². The molecule has 1 aromatic heterocycles. The van der Waals surface area contributed by atoms with E-state index in [0.29, 0.717) is 36.4 Å². The lowest BCUT2D eigenvalue weighted by molar-refractivity contribution is 0.171. The molecule has 8 nitrogen and oxygen atoms in total. The Kier molecular flexibility index (Phi) is 4.31. The first-order chi connectivity index (χ1) is 12.6. The largest absolute Gasteiger partial charge is 0.486 e. The summed E-state index contributed by atoms with van der Waals surface area (Å²) in [6, 6.07) is 14.0. The Balaban J connectivity index is 1.48. The zero-order valence-electron chi connectivity index (χ0n) is 13.7. The van der Waals surface area contributed by atoms with Crippen LogP contribution in [0.3, 0.4) is 0 Å². The lowest BCUT2D eigenvalue weighted by Gasteiger charge is -2.18. The Labute approximate surface area is 150 Å². The minimum Gasteiger partial charge on any atom is -0.486 e. The number of ether oxygens (including phenoxy) is 2. The molecule has 0 unspecified atom stereocenters. The molecule has 0 amide bonds. The minimum atomic E-state index is -3.72. The van der Waals surface area contributed by atoms with Crippen molar-refractivity contribution in [2.24, 2.45) is 0 Å². The topological polar surface area (TPSA) is 106 Å². The second-order valence-corrected chi connectivity index (χ2v) is 7.37. The van der Waals surface area contributed by atoms with Crippen LogP contribution in [0.4, 0.5) is 0 Å². The summed E-state index contributed by atoms with van der Waals surface area (Å²) < 4.78 is 38.3. The van der Waals surface area contributed by atoms with Crippen molar-refractivity contribution in [3.63, 3.8) is 0 Å². The molecule has 26 heavy (non-hydrogen) atoms. The van der Waals surface area contributed by atoms with E-state index in [2.05, 4.69) is 19.9 Å². The van der Waals surface area contributed by atoms with E-state index in [1.54, 1.807) is 6.07 Å². The quantitative estimate of drug-likeness (QED) is 0.706. The zero-order valence-corrected chi connectivity index (χ0v) is 14.5. The number of rotatable bonds is 5. The van der Waals surface area contributed by atoms with Crippen LogP contribution in [-0.2, 0) is 16.6 Å². The summed E-state index contributed by atoms with van der Waals surface area (Å²) in [4.78, 5) is 4.41. The predicted octanol–water partition coefficient (Wildman–Crippen LogP) is 1.72. The number of nitrogens with one attached hydrogen (secondary N) is 2. The van der Waals surface area contributed by atoms with Crippen LogP contribution in [0.1, 0.15) is 5.82 Å². The summed E-state index contributed by atoms with van der Waals surface area (Å²) in [6.45, 7) is 0.841. The number of H-pyrrole nitrogens is 1. The average molecular weight is 372 g/mol. The number of hydrogen-bond donors (Lipinski definition) is 2. The molecule has 134 valence electrons. The molecule has 0 spiro atoms. The fourth-order valence-corrected chi connectivity index (χ4v) is 3.53. The maximum Gasteiger partial charge on any atom is 0.241 e. The van der Waals surface area contributed by atoms with E-state index in [9.17, 15) is 8.42 Å². The van der Waals surface area contributed by atoms with E-state index < -0.39 is 10.0 Å². The normalized spacial score (nSPS) is 13.5. The number of fused-ring (bicyclic) bond motifs is 1. The molecule has 1 aliphatic heterocycles. The van der Waals surface area contributed by atoms with E-state index in [4.69, 9.17) is 9.47 Å². The number of benzene rings is 2. The molecule has 2 N–H and O–H groups in total. The lowest BCUT2D eigenvalue weighted by atomic mass is 10.2. The second kappa shape index (κ2) is 6.77. The van der Waals surface area contributed by atoms with Gasteiger partial charge in [0.25, 0.3) is 0 Å². The van der Waals surface area contributed by atoms with Crippen LogP contribution >= 0.6 is 0 Å². The summed E-state index contributed by atoms with van der Waals surface area (Å²) in [5, 5.41) is 6.86. The van der Waals surface area contributed by atoms with Gasteiger partial charge in [0.15, 0.2) is 17.3 Å². The molecule has 1 aliphatic rings. The van der Waals surface area contributed by atoms with Gasteiger partial charge in [-0.25, -0.2) is 18.1 Å². The van der Waals surface area contributed by atoms with Crippen molar-refractivity contribution in [3.8, 4) is 22.9 Å². The number of hydrogen-bond acceptors (Lipinski definition) is 6. The Morgan fingerprint density at radius 1 is 1.04 bits per heavy atom. The summed E-state index contributed by atoms with van der Waals surface area (Å²) in [5.41, 5.74) is 0.852. The van der Waals surface area contributed by atoms with Crippen molar-refractivity contribution in [2.75, 3.05) is 13.2 Å². The number of nitrogens with zero attached hydrogens (tertiary/aromatic N) is 2. The van der Waals surface area contributed by atoms with Crippen LogP contribution in [-0.4, -0.2) is 36.8 Å².